The van der Waals surface area contributed by atoms with E-state index in [1.54, 1.807) is 30.0 Å². The van der Waals surface area contributed by atoms with Gasteiger partial charge in [-0.3, -0.25) is 10.2 Å². The van der Waals surface area contributed by atoms with Crippen LogP contribution in [-0.2, 0) is 37.2 Å². The van der Waals surface area contributed by atoms with Gasteiger partial charge in [-0.05, 0) is 62.9 Å². The summed E-state index contributed by atoms with van der Waals surface area (Å²) in [6.07, 6.45) is 5.76. The van der Waals surface area contributed by atoms with E-state index in [-0.39, 0.29) is 55.1 Å². The number of esters is 1. The van der Waals surface area contributed by atoms with Gasteiger partial charge in [-0.15, -0.1) is 24.8 Å². The second-order valence-electron chi connectivity index (χ2n) is 11.0. The van der Waals surface area contributed by atoms with Gasteiger partial charge in [-0.1, -0.05) is 29.4 Å². The predicted molar refractivity (Wildman–Crippen MR) is 167 cm³/mol. The maximum Gasteiger partial charge on any atom is 0.335 e. The zero-order valence-electron chi connectivity index (χ0n) is 24.3. The summed E-state index contributed by atoms with van der Waals surface area (Å²) in [5.74, 6) is -1.75. The summed E-state index contributed by atoms with van der Waals surface area (Å²) in [5.41, 5.74) is 13.5. The van der Waals surface area contributed by atoms with Gasteiger partial charge in [-0.25, -0.2) is 13.2 Å². The molecule has 4 rings (SSSR count). The average Bonchev–Trinajstić information content (AvgIpc) is 3.12. The van der Waals surface area contributed by atoms with Crippen LogP contribution in [0.15, 0.2) is 46.4 Å². The number of benzene rings is 1. The number of halogens is 2. The molecular weight excluding hydrogens is 603 g/mol. The molecule has 0 saturated heterocycles. The van der Waals surface area contributed by atoms with E-state index < -0.39 is 33.4 Å². The minimum Gasteiger partial charge on any atom is -0.467 e. The average molecular weight is 646 g/mol. The molecule has 0 radical (unpaired) electrons. The largest absolute Gasteiger partial charge is 0.467 e. The molecule has 0 aromatic heterocycles. The summed E-state index contributed by atoms with van der Waals surface area (Å²) >= 11 is 0. The lowest BCUT2D eigenvalue weighted by Gasteiger charge is -2.43. The first-order valence-corrected chi connectivity index (χ1v) is 15.0. The lowest BCUT2D eigenvalue weighted by molar-refractivity contribution is -0.158. The number of fused-ring (bicyclic) bond motifs is 1. The molecule has 14 heteroatoms. The van der Waals surface area contributed by atoms with Crippen LogP contribution in [0.5, 0.6) is 0 Å². The van der Waals surface area contributed by atoms with Crippen molar-refractivity contribution in [2.75, 3.05) is 46.9 Å². The zero-order valence-corrected chi connectivity index (χ0v) is 26.7. The van der Waals surface area contributed by atoms with Crippen LogP contribution in [0, 0.1) is 5.41 Å². The molecule has 2 atom stereocenters. The molecule has 3 heterocycles. The Bertz CT molecular complexity index is 1370. The molecule has 42 heavy (non-hydrogen) atoms. The Morgan fingerprint density at radius 1 is 1.12 bits per heavy atom. The number of Topliss-reactive ketones (excluding diaryl/α,β-unsaturated/α-hetero) is 1. The second-order valence-corrected chi connectivity index (χ2v) is 12.8. The van der Waals surface area contributed by atoms with Crippen molar-refractivity contribution in [3.63, 3.8) is 0 Å². The Morgan fingerprint density at radius 2 is 1.79 bits per heavy atom. The van der Waals surface area contributed by atoms with Crippen molar-refractivity contribution in [3.8, 4) is 0 Å². The first kappa shape index (κ1) is 35.7. The first-order chi connectivity index (χ1) is 18.9. The van der Waals surface area contributed by atoms with Gasteiger partial charge in [0.15, 0.2) is 17.3 Å². The van der Waals surface area contributed by atoms with Crippen LogP contribution in [0.3, 0.4) is 0 Å². The highest BCUT2D eigenvalue weighted by Gasteiger charge is 2.58. The van der Waals surface area contributed by atoms with Gasteiger partial charge in [0.05, 0.1) is 18.0 Å². The number of nitrogens with zero attached hydrogens (tertiary/aromatic N) is 3. The van der Waals surface area contributed by atoms with Gasteiger partial charge in [0, 0.05) is 39.1 Å². The molecule has 1 aromatic carbocycles. The van der Waals surface area contributed by atoms with E-state index in [4.69, 9.17) is 21.6 Å². The number of methoxy groups -OCH3 is 1. The summed E-state index contributed by atoms with van der Waals surface area (Å²) in [6, 6.07) is 3.88. The number of guanidine groups is 1. The number of hydrogen-bond donors (Lipinski definition) is 3. The van der Waals surface area contributed by atoms with E-state index >= 15 is 0 Å². The Morgan fingerprint density at radius 3 is 2.43 bits per heavy atom. The van der Waals surface area contributed by atoms with Gasteiger partial charge in [0.25, 0.3) is 0 Å². The molecule has 3 aliphatic rings. The third-order valence-corrected chi connectivity index (χ3v) is 10.1. The predicted octanol–water partition coefficient (Wildman–Crippen LogP) is 1.63. The van der Waals surface area contributed by atoms with Crippen molar-refractivity contribution >= 4 is 52.5 Å². The number of sulfonamides is 1. The van der Waals surface area contributed by atoms with Crippen molar-refractivity contribution in [2.45, 2.75) is 55.5 Å². The monoisotopic (exact) mass is 644 g/mol. The van der Waals surface area contributed by atoms with Crippen molar-refractivity contribution in [2.24, 2.45) is 11.5 Å². The second kappa shape index (κ2) is 14.3. The number of nitrogens with two attached hydrogens (primary N) is 2. The summed E-state index contributed by atoms with van der Waals surface area (Å²) in [6.45, 7) is 4.20. The van der Waals surface area contributed by atoms with Crippen molar-refractivity contribution in [1.29, 1.82) is 5.41 Å². The summed E-state index contributed by atoms with van der Waals surface area (Å²) in [5, 5.41) is 7.73. The molecule has 1 aromatic rings. The molecule has 0 aliphatic carbocycles. The third kappa shape index (κ3) is 7.00. The normalized spacial score (nSPS) is 22.2. The standard InChI is InChI=1S/C28H40N6O5S.2ClH/c1-19-8-14-34(40(37,38)23-7-6-21-9-12-32(2)13-10-22(21)16-23)28(17-19,26(36)39-3)25(35)24(29)15-20-5-4-11-33(18-20)27(30)31;;/h5-8,16,24H,4,9-15,17-18,29H2,1-3H3,(H3,30,31);2*1H/t24?,28-;;/m1../s1. The number of carbonyl (C=O) groups excluding carboxylic acids is 2. The van der Waals surface area contributed by atoms with Gasteiger partial charge < -0.3 is 26.0 Å². The number of likely N-dealkylation sites (N-methyl/N-ethyl adjacent to an activating group) is 1. The topological polar surface area (TPSA) is 163 Å². The smallest absolute Gasteiger partial charge is 0.335 e. The maximum atomic E-state index is 14.2. The van der Waals surface area contributed by atoms with Crippen molar-refractivity contribution in [3.05, 3.63) is 52.6 Å². The van der Waals surface area contributed by atoms with E-state index in [1.165, 1.54) is 0 Å². The maximum absolute atomic E-state index is 14.2. The molecule has 234 valence electrons. The fourth-order valence-electron chi connectivity index (χ4n) is 5.86. The number of ether oxygens (including phenoxy) is 1. The van der Waals surface area contributed by atoms with Gasteiger partial charge in [0.2, 0.25) is 10.0 Å². The fourth-order valence-corrected chi connectivity index (χ4v) is 7.56. The molecule has 3 aliphatic heterocycles. The van der Waals surface area contributed by atoms with E-state index in [1.807, 2.05) is 19.2 Å². The first-order valence-electron chi connectivity index (χ1n) is 13.5. The highest BCUT2D eigenvalue weighted by Crippen LogP contribution is 2.37. The highest BCUT2D eigenvalue weighted by atomic mass is 35.5. The number of nitrogens with one attached hydrogen (secondary N) is 1. The number of carbonyl (C=O) groups is 2. The quantitative estimate of drug-likeness (QED) is 0.132. The fraction of sp³-hybridized carbons (Fsp3) is 0.536. The van der Waals surface area contributed by atoms with E-state index in [9.17, 15) is 18.0 Å². The Labute approximate surface area is 260 Å². The third-order valence-electron chi connectivity index (χ3n) is 8.17. The van der Waals surface area contributed by atoms with E-state index in [2.05, 4.69) is 4.90 Å². The molecule has 0 spiro atoms. The van der Waals surface area contributed by atoms with Gasteiger partial charge >= 0.3 is 5.97 Å². The summed E-state index contributed by atoms with van der Waals surface area (Å²) in [7, 11) is -1.13. The van der Waals surface area contributed by atoms with E-state index in [0.717, 1.165) is 47.6 Å². The summed E-state index contributed by atoms with van der Waals surface area (Å²) < 4.78 is 34.5. The Balaban J connectivity index is 0.00000308. The van der Waals surface area contributed by atoms with Crippen molar-refractivity contribution in [1.82, 2.24) is 14.1 Å². The zero-order chi connectivity index (χ0) is 29.2. The SMILES string of the molecule is COC(=O)[C@]1(C(=O)C(N)CC2=CCCN(C(=N)N)C2)CC(C)=CCN1S(=O)(=O)c1ccc2c(c1)CCN(C)CC2.Cl.Cl. The molecule has 1 unspecified atom stereocenters. The minimum absolute atomic E-state index is 0. The molecule has 5 N–H and O–H groups in total. The molecule has 0 bridgehead atoms. The van der Waals surface area contributed by atoms with Crippen LogP contribution in [0.2, 0.25) is 0 Å². The van der Waals surface area contributed by atoms with E-state index in [0.29, 0.717) is 31.5 Å². The number of ketones is 1. The van der Waals surface area contributed by atoms with Crippen LogP contribution in [0.4, 0.5) is 0 Å². The molecule has 0 saturated carbocycles. The van der Waals surface area contributed by atoms with Crippen LogP contribution in [-0.4, -0.2) is 98.7 Å². The van der Waals surface area contributed by atoms with Gasteiger partial charge in [0.1, 0.15) is 0 Å². The number of hydrogen-bond acceptors (Lipinski definition) is 8. The number of rotatable bonds is 7. The van der Waals surface area contributed by atoms with Gasteiger partial charge in [-0.2, -0.15) is 4.31 Å². The Kier molecular flexibility index (Phi) is 12.2. The van der Waals surface area contributed by atoms with Crippen molar-refractivity contribution < 1.29 is 22.7 Å². The van der Waals surface area contributed by atoms with Crippen LogP contribution in [0.1, 0.15) is 37.3 Å². The lowest BCUT2D eigenvalue weighted by Crippen LogP contribution is -2.67. The minimum atomic E-state index is -4.31. The molecule has 0 fully saturated rings. The van der Waals surface area contributed by atoms with Crippen LogP contribution >= 0.6 is 24.8 Å². The molecule has 0 amide bonds. The van der Waals surface area contributed by atoms with Crippen LogP contribution in [0.25, 0.3) is 0 Å². The van der Waals surface area contributed by atoms with Crippen LogP contribution < -0.4 is 11.5 Å². The molecule has 11 nitrogen and oxygen atoms in total. The Hall–Kier alpha value is -2.48. The highest BCUT2D eigenvalue weighted by molar-refractivity contribution is 7.89. The lowest BCUT2D eigenvalue weighted by atomic mass is 9.80. The summed E-state index contributed by atoms with van der Waals surface area (Å²) in [4.78, 5) is 31.6. The molecular formula is C28H42Cl2N6O5S.